The molecular weight excluding hydrogens is 456 g/mol. The second-order valence-corrected chi connectivity index (χ2v) is 8.85. The van der Waals surface area contributed by atoms with Gasteiger partial charge in [-0.1, -0.05) is 29.0 Å². The SMILES string of the molecule is COc1cc(C(=O)N2CCC[C@@H]2c2nnc(C(=O)Nc3ccc(C)cc3)s2)cc(OC)c1OC. The number of rotatable bonds is 7. The predicted octanol–water partition coefficient (Wildman–Crippen LogP) is 4.10. The lowest BCUT2D eigenvalue weighted by molar-refractivity contribution is 0.0734. The van der Waals surface area contributed by atoms with Crippen molar-refractivity contribution in [1.82, 2.24) is 15.1 Å². The predicted molar refractivity (Wildman–Crippen MR) is 128 cm³/mol. The standard InChI is InChI=1S/C24H26N4O5S/c1-14-7-9-16(10-8-14)25-21(29)23-27-26-22(34-23)17-6-5-11-28(17)24(30)15-12-18(31-2)20(33-4)19(13-15)32-3/h7-10,12-13,17H,5-6,11H2,1-4H3,(H,25,29)/t17-/m1/s1. The molecule has 1 fully saturated rings. The minimum absolute atomic E-state index is 0.178. The zero-order valence-corrected chi connectivity index (χ0v) is 20.3. The highest BCUT2D eigenvalue weighted by molar-refractivity contribution is 7.13. The third-order valence-corrected chi connectivity index (χ3v) is 6.68. The van der Waals surface area contributed by atoms with Crippen molar-refractivity contribution >= 4 is 28.8 Å². The summed E-state index contributed by atoms with van der Waals surface area (Å²) in [5, 5.41) is 12.0. The Balaban J connectivity index is 1.54. The first-order chi connectivity index (χ1) is 16.4. The molecule has 0 unspecified atom stereocenters. The van der Waals surface area contributed by atoms with E-state index < -0.39 is 0 Å². The lowest BCUT2D eigenvalue weighted by Crippen LogP contribution is -2.30. The molecule has 1 aliphatic rings. The van der Waals surface area contributed by atoms with Crippen LogP contribution in [-0.2, 0) is 0 Å². The number of amides is 2. The van der Waals surface area contributed by atoms with Crippen LogP contribution in [0.15, 0.2) is 36.4 Å². The van der Waals surface area contributed by atoms with Crippen molar-refractivity contribution in [2.45, 2.75) is 25.8 Å². The zero-order chi connectivity index (χ0) is 24.2. The topological polar surface area (TPSA) is 103 Å². The highest BCUT2D eigenvalue weighted by Crippen LogP contribution is 2.40. The van der Waals surface area contributed by atoms with E-state index in [1.165, 1.54) is 32.7 Å². The molecule has 1 atom stereocenters. The van der Waals surface area contributed by atoms with E-state index in [2.05, 4.69) is 15.5 Å². The average molecular weight is 483 g/mol. The molecule has 34 heavy (non-hydrogen) atoms. The van der Waals surface area contributed by atoms with Gasteiger partial charge in [-0.05, 0) is 44.0 Å². The Morgan fingerprint density at radius 2 is 1.71 bits per heavy atom. The molecule has 1 aromatic heterocycles. The van der Waals surface area contributed by atoms with Gasteiger partial charge in [-0.3, -0.25) is 9.59 Å². The number of nitrogens with zero attached hydrogens (tertiary/aromatic N) is 3. The minimum Gasteiger partial charge on any atom is -0.493 e. The van der Waals surface area contributed by atoms with Gasteiger partial charge in [-0.25, -0.2) is 0 Å². The quantitative estimate of drug-likeness (QED) is 0.541. The Morgan fingerprint density at radius 1 is 1.03 bits per heavy atom. The van der Waals surface area contributed by atoms with Crippen LogP contribution in [0, 0.1) is 6.92 Å². The fourth-order valence-electron chi connectivity index (χ4n) is 3.92. The number of anilines is 1. The van der Waals surface area contributed by atoms with Gasteiger partial charge < -0.3 is 24.4 Å². The van der Waals surface area contributed by atoms with Gasteiger partial charge in [-0.15, -0.1) is 10.2 Å². The second kappa shape index (κ2) is 10.1. The van der Waals surface area contributed by atoms with Gasteiger partial charge in [0.1, 0.15) is 5.01 Å². The average Bonchev–Trinajstić information content (AvgIpc) is 3.53. The van der Waals surface area contributed by atoms with E-state index >= 15 is 0 Å². The Morgan fingerprint density at radius 3 is 2.32 bits per heavy atom. The Labute approximate surface area is 201 Å². The number of hydrogen-bond donors (Lipinski definition) is 1. The van der Waals surface area contributed by atoms with Crippen molar-refractivity contribution in [2.75, 3.05) is 33.2 Å². The maximum Gasteiger partial charge on any atom is 0.286 e. The van der Waals surface area contributed by atoms with E-state index in [0.717, 1.165) is 18.4 Å². The van der Waals surface area contributed by atoms with E-state index in [1.54, 1.807) is 17.0 Å². The Hall–Kier alpha value is -3.66. The molecule has 0 saturated carbocycles. The molecule has 3 aromatic rings. The summed E-state index contributed by atoms with van der Waals surface area (Å²) in [7, 11) is 4.53. The molecular formula is C24H26N4O5S. The number of hydrogen-bond acceptors (Lipinski definition) is 8. The summed E-state index contributed by atoms with van der Waals surface area (Å²) in [4.78, 5) is 27.8. The van der Waals surface area contributed by atoms with Crippen molar-refractivity contribution in [3.05, 3.63) is 57.5 Å². The molecule has 1 saturated heterocycles. The summed E-state index contributed by atoms with van der Waals surface area (Å²) in [5.74, 6) is 0.738. The van der Waals surface area contributed by atoms with Crippen LogP contribution in [0.3, 0.4) is 0 Å². The van der Waals surface area contributed by atoms with Gasteiger partial charge >= 0.3 is 0 Å². The van der Waals surface area contributed by atoms with Crippen molar-refractivity contribution in [1.29, 1.82) is 0 Å². The number of aryl methyl sites for hydroxylation is 1. The molecule has 0 radical (unpaired) electrons. The van der Waals surface area contributed by atoms with E-state index in [9.17, 15) is 9.59 Å². The smallest absolute Gasteiger partial charge is 0.286 e. The summed E-state index contributed by atoms with van der Waals surface area (Å²) in [5.41, 5.74) is 2.21. The highest BCUT2D eigenvalue weighted by atomic mass is 32.1. The number of likely N-dealkylation sites (tertiary alicyclic amines) is 1. The third kappa shape index (κ3) is 4.67. The van der Waals surface area contributed by atoms with E-state index in [-0.39, 0.29) is 22.9 Å². The fourth-order valence-corrected chi connectivity index (χ4v) is 4.81. The van der Waals surface area contributed by atoms with E-state index in [0.29, 0.717) is 40.1 Å². The molecule has 0 bridgehead atoms. The first kappa shape index (κ1) is 23.5. The van der Waals surface area contributed by atoms with Crippen LogP contribution in [0.5, 0.6) is 17.2 Å². The third-order valence-electron chi connectivity index (χ3n) is 5.65. The van der Waals surface area contributed by atoms with Crippen LogP contribution in [0.2, 0.25) is 0 Å². The highest BCUT2D eigenvalue weighted by Gasteiger charge is 2.34. The van der Waals surface area contributed by atoms with Crippen LogP contribution >= 0.6 is 11.3 Å². The number of carbonyl (C=O) groups is 2. The van der Waals surface area contributed by atoms with Crippen molar-refractivity contribution in [2.24, 2.45) is 0 Å². The van der Waals surface area contributed by atoms with Crippen LogP contribution in [0.25, 0.3) is 0 Å². The zero-order valence-electron chi connectivity index (χ0n) is 19.5. The maximum atomic E-state index is 13.4. The molecule has 1 N–H and O–H groups in total. The summed E-state index contributed by atoms with van der Waals surface area (Å²) in [6.07, 6.45) is 1.57. The van der Waals surface area contributed by atoms with E-state index in [4.69, 9.17) is 14.2 Å². The van der Waals surface area contributed by atoms with Gasteiger partial charge in [0.05, 0.1) is 27.4 Å². The first-order valence-corrected chi connectivity index (χ1v) is 11.6. The lowest BCUT2D eigenvalue weighted by atomic mass is 10.1. The van der Waals surface area contributed by atoms with Crippen LogP contribution in [-0.4, -0.2) is 54.8 Å². The molecule has 2 aromatic carbocycles. The number of ether oxygens (including phenoxy) is 3. The van der Waals surface area contributed by atoms with Gasteiger partial charge in [0.15, 0.2) is 11.5 Å². The summed E-state index contributed by atoms with van der Waals surface area (Å²) in [6, 6.07) is 10.5. The summed E-state index contributed by atoms with van der Waals surface area (Å²) < 4.78 is 16.1. The monoisotopic (exact) mass is 482 g/mol. The largest absolute Gasteiger partial charge is 0.493 e. The van der Waals surface area contributed by atoms with Gasteiger partial charge in [0, 0.05) is 17.8 Å². The molecule has 1 aliphatic heterocycles. The van der Waals surface area contributed by atoms with Crippen molar-refractivity contribution in [3.8, 4) is 17.2 Å². The van der Waals surface area contributed by atoms with Gasteiger partial charge in [0.2, 0.25) is 10.8 Å². The first-order valence-electron chi connectivity index (χ1n) is 10.8. The minimum atomic E-state index is -0.326. The number of aromatic nitrogens is 2. The lowest BCUT2D eigenvalue weighted by Gasteiger charge is -2.23. The molecule has 10 heteroatoms. The van der Waals surface area contributed by atoms with E-state index in [1.807, 2.05) is 31.2 Å². The summed E-state index contributed by atoms with van der Waals surface area (Å²) in [6.45, 7) is 2.56. The van der Waals surface area contributed by atoms with Gasteiger partial charge in [0.25, 0.3) is 11.8 Å². The number of nitrogens with one attached hydrogen (secondary N) is 1. The maximum absolute atomic E-state index is 13.4. The van der Waals surface area contributed by atoms with Crippen LogP contribution in [0.1, 0.15) is 49.6 Å². The Bertz CT molecular complexity index is 1170. The molecule has 0 spiro atoms. The van der Waals surface area contributed by atoms with Crippen LogP contribution < -0.4 is 19.5 Å². The molecule has 0 aliphatic carbocycles. The van der Waals surface area contributed by atoms with Crippen molar-refractivity contribution < 1.29 is 23.8 Å². The number of carbonyl (C=O) groups excluding carboxylic acids is 2. The second-order valence-electron chi connectivity index (χ2n) is 7.84. The van der Waals surface area contributed by atoms with Crippen molar-refractivity contribution in [3.63, 3.8) is 0 Å². The number of methoxy groups -OCH3 is 3. The molecule has 178 valence electrons. The van der Waals surface area contributed by atoms with Gasteiger partial charge in [-0.2, -0.15) is 0 Å². The number of benzene rings is 2. The fraction of sp³-hybridized carbons (Fsp3) is 0.333. The van der Waals surface area contributed by atoms with Crippen LogP contribution in [0.4, 0.5) is 5.69 Å². The summed E-state index contributed by atoms with van der Waals surface area (Å²) >= 11 is 1.20. The molecule has 4 rings (SSSR count). The molecule has 2 amide bonds. The molecule has 9 nitrogen and oxygen atoms in total. The molecule has 2 heterocycles. The Kier molecular flexibility index (Phi) is 6.97. The normalized spacial score (nSPS) is 15.2.